The molecule has 1 heterocycles. The second kappa shape index (κ2) is 8.53. The Morgan fingerprint density at radius 3 is 2.43 bits per heavy atom. The summed E-state index contributed by atoms with van der Waals surface area (Å²) < 4.78 is 10.6. The summed E-state index contributed by atoms with van der Waals surface area (Å²) in [6, 6.07) is 10.7. The number of nitriles is 1. The van der Waals surface area contributed by atoms with Crippen molar-refractivity contribution in [3.8, 4) is 34.6 Å². The Morgan fingerprint density at radius 1 is 1.14 bits per heavy atom. The van der Waals surface area contributed by atoms with E-state index in [-0.39, 0.29) is 15.8 Å². The number of methoxy groups -OCH3 is 2. The maximum atomic E-state index is 9.67. The molecule has 28 heavy (non-hydrogen) atoms. The number of halogens is 2. The van der Waals surface area contributed by atoms with Gasteiger partial charge in [-0.1, -0.05) is 23.2 Å². The van der Waals surface area contributed by atoms with Gasteiger partial charge in [-0.05, 0) is 42.0 Å². The Balaban J connectivity index is 1.97. The SMILES string of the molecule is COc1ccc(-c2csc(/C(C#N)=C/c3cc(Cl)c(O)c(Cl)c3)n2)cc1OC. The molecule has 0 aliphatic heterocycles. The Kier molecular flexibility index (Phi) is 6.10. The van der Waals surface area contributed by atoms with Crippen LogP contribution in [0.1, 0.15) is 10.6 Å². The van der Waals surface area contributed by atoms with Crippen molar-refractivity contribution < 1.29 is 14.6 Å². The van der Waals surface area contributed by atoms with E-state index in [0.29, 0.717) is 33.3 Å². The smallest absolute Gasteiger partial charge is 0.161 e. The molecule has 5 nitrogen and oxygen atoms in total. The van der Waals surface area contributed by atoms with E-state index in [1.165, 1.54) is 23.5 Å². The van der Waals surface area contributed by atoms with Crippen molar-refractivity contribution >= 4 is 46.2 Å². The summed E-state index contributed by atoms with van der Waals surface area (Å²) in [5.41, 5.74) is 2.50. The molecule has 1 aromatic heterocycles. The van der Waals surface area contributed by atoms with Gasteiger partial charge in [-0.25, -0.2) is 4.98 Å². The average Bonchev–Trinajstić information content (AvgIpc) is 3.19. The maximum absolute atomic E-state index is 9.67. The van der Waals surface area contributed by atoms with Crippen LogP contribution in [-0.4, -0.2) is 24.3 Å². The maximum Gasteiger partial charge on any atom is 0.161 e. The fourth-order valence-electron chi connectivity index (χ4n) is 2.50. The third-order valence-electron chi connectivity index (χ3n) is 3.88. The molecular formula is C20H14Cl2N2O3S. The predicted molar refractivity (Wildman–Crippen MR) is 112 cm³/mol. The summed E-state index contributed by atoms with van der Waals surface area (Å²) in [6.45, 7) is 0. The molecule has 1 N–H and O–H groups in total. The topological polar surface area (TPSA) is 75.4 Å². The van der Waals surface area contributed by atoms with Crippen LogP contribution in [0.2, 0.25) is 10.0 Å². The van der Waals surface area contributed by atoms with Crippen molar-refractivity contribution in [2.45, 2.75) is 0 Å². The van der Waals surface area contributed by atoms with Crippen LogP contribution in [0, 0.1) is 11.3 Å². The summed E-state index contributed by atoms with van der Waals surface area (Å²) in [5.74, 6) is 1.03. The number of aromatic nitrogens is 1. The molecule has 0 radical (unpaired) electrons. The third kappa shape index (κ3) is 4.07. The highest BCUT2D eigenvalue weighted by atomic mass is 35.5. The van der Waals surface area contributed by atoms with Crippen LogP contribution >= 0.6 is 34.5 Å². The van der Waals surface area contributed by atoms with Gasteiger partial charge in [-0.2, -0.15) is 5.26 Å². The Bertz CT molecular complexity index is 1080. The van der Waals surface area contributed by atoms with Gasteiger partial charge >= 0.3 is 0 Å². The minimum Gasteiger partial charge on any atom is -0.505 e. The van der Waals surface area contributed by atoms with E-state index in [4.69, 9.17) is 32.7 Å². The number of aromatic hydroxyl groups is 1. The fraction of sp³-hybridized carbons (Fsp3) is 0.100. The molecule has 0 saturated heterocycles. The summed E-state index contributed by atoms with van der Waals surface area (Å²) in [5, 5.41) is 21.9. The van der Waals surface area contributed by atoms with Gasteiger partial charge in [0.15, 0.2) is 17.2 Å². The second-order valence-corrected chi connectivity index (χ2v) is 7.28. The Hall–Kier alpha value is -2.72. The average molecular weight is 433 g/mol. The van der Waals surface area contributed by atoms with E-state index >= 15 is 0 Å². The number of hydrogen-bond acceptors (Lipinski definition) is 6. The molecule has 142 valence electrons. The molecule has 0 spiro atoms. The number of benzene rings is 2. The van der Waals surface area contributed by atoms with Crippen molar-refractivity contribution in [3.63, 3.8) is 0 Å². The standard InChI is InChI=1S/C20H14Cl2N2O3S/c1-26-17-4-3-12(8-18(17)27-2)16-10-28-20(24-16)13(9-23)5-11-6-14(21)19(25)15(22)7-11/h3-8,10,25H,1-2H3/b13-5+. The van der Waals surface area contributed by atoms with Gasteiger partial charge in [0.2, 0.25) is 0 Å². The molecule has 0 saturated carbocycles. The molecule has 0 atom stereocenters. The van der Waals surface area contributed by atoms with Gasteiger partial charge < -0.3 is 14.6 Å². The van der Waals surface area contributed by atoms with Crippen molar-refractivity contribution in [1.29, 1.82) is 5.26 Å². The van der Waals surface area contributed by atoms with Gasteiger partial charge in [0.25, 0.3) is 0 Å². The molecule has 0 amide bonds. The van der Waals surface area contributed by atoms with Crippen molar-refractivity contribution in [2.24, 2.45) is 0 Å². The number of hydrogen-bond donors (Lipinski definition) is 1. The van der Waals surface area contributed by atoms with Gasteiger partial charge in [0.1, 0.15) is 11.1 Å². The molecule has 0 aliphatic carbocycles. The summed E-state index contributed by atoms with van der Waals surface area (Å²) in [7, 11) is 3.14. The first kappa shape index (κ1) is 20.0. The van der Waals surface area contributed by atoms with Crippen LogP contribution in [0.4, 0.5) is 0 Å². The van der Waals surface area contributed by atoms with Gasteiger partial charge in [-0.15, -0.1) is 11.3 Å². The van der Waals surface area contributed by atoms with Crippen LogP contribution in [-0.2, 0) is 0 Å². The van der Waals surface area contributed by atoms with E-state index in [2.05, 4.69) is 11.1 Å². The van der Waals surface area contributed by atoms with E-state index < -0.39 is 0 Å². The quantitative estimate of drug-likeness (QED) is 0.507. The molecule has 2 aromatic carbocycles. The van der Waals surface area contributed by atoms with E-state index in [1.54, 1.807) is 26.4 Å². The molecule has 0 unspecified atom stereocenters. The number of phenols is 1. The predicted octanol–water partition coefficient (Wildman–Crippen LogP) is 5.90. The van der Waals surface area contributed by atoms with E-state index in [0.717, 1.165) is 5.56 Å². The number of rotatable bonds is 5. The minimum absolute atomic E-state index is 0.112. The molecule has 3 aromatic rings. The van der Waals surface area contributed by atoms with E-state index in [9.17, 15) is 10.4 Å². The van der Waals surface area contributed by atoms with Crippen LogP contribution in [0.25, 0.3) is 22.9 Å². The lowest BCUT2D eigenvalue weighted by molar-refractivity contribution is 0.355. The van der Waals surface area contributed by atoms with Gasteiger partial charge in [-0.3, -0.25) is 0 Å². The molecular weight excluding hydrogens is 419 g/mol. The van der Waals surface area contributed by atoms with Crippen LogP contribution in [0.5, 0.6) is 17.2 Å². The first-order valence-corrected chi connectivity index (χ1v) is 9.58. The second-order valence-electron chi connectivity index (χ2n) is 5.61. The third-order valence-corrected chi connectivity index (χ3v) is 5.34. The van der Waals surface area contributed by atoms with Crippen molar-refractivity contribution in [2.75, 3.05) is 14.2 Å². The highest BCUT2D eigenvalue weighted by Gasteiger charge is 2.13. The molecule has 0 bridgehead atoms. The monoisotopic (exact) mass is 432 g/mol. The largest absolute Gasteiger partial charge is 0.505 e. The first-order chi connectivity index (χ1) is 13.5. The number of allylic oxidation sites excluding steroid dienone is 1. The Labute approximate surface area is 176 Å². The highest BCUT2D eigenvalue weighted by molar-refractivity contribution is 7.11. The van der Waals surface area contributed by atoms with Gasteiger partial charge in [0, 0.05) is 10.9 Å². The lowest BCUT2D eigenvalue weighted by Crippen LogP contribution is -1.91. The highest BCUT2D eigenvalue weighted by Crippen LogP contribution is 2.36. The lowest BCUT2D eigenvalue weighted by atomic mass is 10.1. The fourth-order valence-corrected chi connectivity index (χ4v) is 3.80. The minimum atomic E-state index is -0.191. The van der Waals surface area contributed by atoms with Gasteiger partial charge in [0.05, 0.1) is 35.5 Å². The normalized spacial score (nSPS) is 11.2. The zero-order valence-electron chi connectivity index (χ0n) is 14.9. The molecule has 0 aliphatic rings. The molecule has 3 rings (SSSR count). The number of nitrogens with zero attached hydrogens (tertiary/aromatic N) is 2. The number of thiazole rings is 1. The Morgan fingerprint density at radius 2 is 1.82 bits per heavy atom. The zero-order chi connectivity index (χ0) is 20.3. The molecule has 8 heteroatoms. The summed E-state index contributed by atoms with van der Waals surface area (Å²) >= 11 is 13.2. The lowest BCUT2D eigenvalue weighted by Gasteiger charge is -2.08. The van der Waals surface area contributed by atoms with Crippen LogP contribution < -0.4 is 9.47 Å². The van der Waals surface area contributed by atoms with E-state index in [1.807, 2.05) is 17.5 Å². The summed E-state index contributed by atoms with van der Waals surface area (Å²) in [4.78, 5) is 4.56. The van der Waals surface area contributed by atoms with Crippen LogP contribution in [0.3, 0.4) is 0 Å². The first-order valence-electron chi connectivity index (χ1n) is 7.95. The zero-order valence-corrected chi connectivity index (χ0v) is 17.2. The summed E-state index contributed by atoms with van der Waals surface area (Å²) in [6.07, 6.45) is 1.62. The van der Waals surface area contributed by atoms with Crippen LogP contribution in [0.15, 0.2) is 35.7 Å². The number of phenolic OH excluding ortho intramolecular Hbond substituents is 1. The van der Waals surface area contributed by atoms with Crippen molar-refractivity contribution in [3.05, 3.63) is 56.3 Å². The molecule has 0 fully saturated rings. The van der Waals surface area contributed by atoms with Crippen molar-refractivity contribution in [1.82, 2.24) is 4.98 Å². The number of ether oxygens (including phenoxy) is 2.